The molecule has 0 unspecified atom stereocenters. The van der Waals surface area contributed by atoms with Crippen LogP contribution in [0.1, 0.15) is 43.7 Å². The van der Waals surface area contributed by atoms with Crippen LogP contribution >= 0.6 is 0 Å². The molecule has 136 valence electrons. The van der Waals surface area contributed by atoms with Gasteiger partial charge in [0.25, 0.3) is 0 Å². The summed E-state index contributed by atoms with van der Waals surface area (Å²) in [4.78, 5) is 12.1. The molecule has 0 spiro atoms. The molecule has 2 aromatic carbocycles. The standard InChI is InChI=1S/C24H24NO2/c1-3-17(4-2)18-11-13-25(14-12-18)16-20-15-23(26)27-22-10-9-19-7-5-6-8-21(19)24(20)22/h5-15,17H,3-4,16H2,1-2H3/q+1. The van der Waals surface area contributed by atoms with E-state index < -0.39 is 0 Å². The lowest BCUT2D eigenvalue weighted by molar-refractivity contribution is -0.688. The van der Waals surface area contributed by atoms with Crippen molar-refractivity contribution in [2.45, 2.75) is 39.2 Å². The molecule has 0 aliphatic carbocycles. The fourth-order valence-corrected chi connectivity index (χ4v) is 3.95. The van der Waals surface area contributed by atoms with E-state index in [1.807, 2.05) is 24.3 Å². The highest BCUT2D eigenvalue weighted by Gasteiger charge is 2.14. The van der Waals surface area contributed by atoms with Crippen LogP contribution in [-0.2, 0) is 6.54 Å². The van der Waals surface area contributed by atoms with Gasteiger partial charge < -0.3 is 4.42 Å². The minimum absolute atomic E-state index is 0.304. The summed E-state index contributed by atoms with van der Waals surface area (Å²) in [6.07, 6.45) is 6.52. The smallest absolute Gasteiger partial charge is 0.336 e. The van der Waals surface area contributed by atoms with E-state index in [0.717, 1.165) is 34.6 Å². The zero-order valence-electron chi connectivity index (χ0n) is 15.8. The van der Waals surface area contributed by atoms with Gasteiger partial charge in [0.1, 0.15) is 5.58 Å². The van der Waals surface area contributed by atoms with Gasteiger partial charge >= 0.3 is 5.63 Å². The van der Waals surface area contributed by atoms with Crippen LogP contribution in [0.5, 0.6) is 0 Å². The van der Waals surface area contributed by atoms with Crippen molar-refractivity contribution in [3.63, 3.8) is 0 Å². The first-order chi connectivity index (χ1) is 13.2. The summed E-state index contributed by atoms with van der Waals surface area (Å²) < 4.78 is 7.59. The van der Waals surface area contributed by atoms with Gasteiger partial charge in [0.15, 0.2) is 18.9 Å². The Morgan fingerprint density at radius 2 is 1.70 bits per heavy atom. The molecular weight excluding hydrogens is 334 g/mol. The Morgan fingerprint density at radius 3 is 2.44 bits per heavy atom. The van der Waals surface area contributed by atoms with Crippen molar-refractivity contribution in [3.05, 3.63) is 88.5 Å². The molecular formula is C24H24NO2+. The van der Waals surface area contributed by atoms with Crippen LogP contribution in [0.2, 0.25) is 0 Å². The molecule has 2 heterocycles. The van der Waals surface area contributed by atoms with Crippen LogP contribution in [-0.4, -0.2) is 0 Å². The molecule has 0 amide bonds. The van der Waals surface area contributed by atoms with Crippen molar-refractivity contribution in [1.82, 2.24) is 0 Å². The summed E-state index contributed by atoms with van der Waals surface area (Å²) in [5.41, 5.74) is 2.70. The first-order valence-corrected chi connectivity index (χ1v) is 9.63. The van der Waals surface area contributed by atoms with E-state index in [4.69, 9.17) is 4.42 Å². The predicted octanol–water partition coefficient (Wildman–Crippen LogP) is 5.19. The van der Waals surface area contributed by atoms with Crippen LogP contribution in [0.15, 0.2) is 76.2 Å². The molecule has 0 aliphatic rings. The van der Waals surface area contributed by atoms with Gasteiger partial charge in [-0.3, -0.25) is 0 Å². The van der Waals surface area contributed by atoms with Crippen molar-refractivity contribution in [1.29, 1.82) is 0 Å². The van der Waals surface area contributed by atoms with E-state index in [0.29, 0.717) is 18.0 Å². The van der Waals surface area contributed by atoms with Crippen LogP contribution in [0, 0.1) is 0 Å². The van der Waals surface area contributed by atoms with E-state index in [-0.39, 0.29) is 5.63 Å². The van der Waals surface area contributed by atoms with E-state index in [1.54, 1.807) is 6.07 Å². The van der Waals surface area contributed by atoms with Gasteiger partial charge in [0.2, 0.25) is 0 Å². The van der Waals surface area contributed by atoms with Gasteiger partial charge in [-0.1, -0.05) is 44.2 Å². The third-order valence-electron chi connectivity index (χ3n) is 5.44. The van der Waals surface area contributed by atoms with Crippen LogP contribution < -0.4 is 10.2 Å². The topological polar surface area (TPSA) is 34.1 Å². The number of fused-ring (bicyclic) bond motifs is 3. The van der Waals surface area contributed by atoms with Gasteiger partial charge in [-0.05, 0) is 41.2 Å². The average molecular weight is 358 g/mol. The maximum Gasteiger partial charge on any atom is 0.336 e. The molecule has 3 heteroatoms. The highest BCUT2D eigenvalue weighted by Crippen LogP contribution is 2.27. The van der Waals surface area contributed by atoms with Gasteiger partial charge in [-0.25, -0.2) is 9.36 Å². The van der Waals surface area contributed by atoms with E-state index >= 15 is 0 Å². The summed E-state index contributed by atoms with van der Waals surface area (Å²) in [5, 5.41) is 3.28. The Labute approximate surface area is 158 Å². The third-order valence-corrected chi connectivity index (χ3v) is 5.44. The maximum atomic E-state index is 12.1. The minimum atomic E-state index is -0.304. The Kier molecular flexibility index (Phi) is 4.76. The number of benzene rings is 2. The van der Waals surface area contributed by atoms with Crippen molar-refractivity contribution in [3.8, 4) is 0 Å². The van der Waals surface area contributed by atoms with Crippen LogP contribution in [0.3, 0.4) is 0 Å². The van der Waals surface area contributed by atoms with Gasteiger partial charge in [-0.15, -0.1) is 0 Å². The molecule has 27 heavy (non-hydrogen) atoms. The summed E-state index contributed by atoms with van der Waals surface area (Å²) >= 11 is 0. The molecule has 0 aliphatic heterocycles. The Balaban J connectivity index is 1.79. The summed E-state index contributed by atoms with van der Waals surface area (Å²) in [6, 6.07) is 18.1. The Hall–Kier alpha value is -2.94. The predicted molar refractivity (Wildman–Crippen MR) is 109 cm³/mol. The molecule has 0 saturated heterocycles. The van der Waals surface area contributed by atoms with E-state index in [1.165, 1.54) is 5.56 Å². The molecule has 3 nitrogen and oxygen atoms in total. The summed E-state index contributed by atoms with van der Waals surface area (Å²) in [6.45, 7) is 5.10. The largest absolute Gasteiger partial charge is 0.423 e. The lowest BCUT2D eigenvalue weighted by Crippen LogP contribution is -2.33. The molecule has 0 radical (unpaired) electrons. The number of nitrogens with zero attached hydrogens (tertiary/aromatic N) is 1. The third kappa shape index (κ3) is 3.37. The Bertz CT molecular complexity index is 1140. The molecule has 0 atom stereocenters. The van der Waals surface area contributed by atoms with E-state index in [9.17, 15) is 4.79 Å². The normalized spacial score (nSPS) is 11.5. The highest BCUT2D eigenvalue weighted by atomic mass is 16.4. The number of hydrogen-bond acceptors (Lipinski definition) is 2. The zero-order chi connectivity index (χ0) is 18.8. The zero-order valence-corrected chi connectivity index (χ0v) is 15.8. The summed E-state index contributed by atoms with van der Waals surface area (Å²) in [5.74, 6) is 0.605. The Morgan fingerprint density at radius 1 is 0.963 bits per heavy atom. The SMILES string of the molecule is CCC(CC)c1cc[n+](Cc2cc(=O)oc3ccc4ccccc4c23)cc1. The van der Waals surface area contributed by atoms with Gasteiger partial charge in [0, 0.05) is 29.1 Å². The lowest BCUT2D eigenvalue weighted by atomic mass is 9.95. The van der Waals surface area contributed by atoms with Crippen LogP contribution in [0.25, 0.3) is 21.7 Å². The first kappa shape index (κ1) is 17.5. The fraction of sp³-hybridized carbons (Fsp3) is 0.250. The van der Waals surface area contributed by atoms with E-state index in [2.05, 4.69) is 55.1 Å². The van der Waals surface area contributed by atoms with Crippen molar-refractivity contribution in [2.24, 2.45) is 0 Å². The molecule has 0 saturated carbocycles. The second-order valence-corrected chi connectivity index (χ2v) is 7.07. The molecule has 0 bridgehead atoms. The monoisotopic (exact) mass is 358 g/mol. The van der Waals surface area contributed by atoms with Gasteiger partial charge in [-0.2, -0.15) is 0 Å². The van der Waals surface area contributed by atoms with Crippen molar-refractivity contribution < 1.29 is 8.98 Å². The molecule has 2 aromatic heterocycles. The molecule has 4 aromatic rings. The lowest BCUT2D eigenvalue weighted by Gasteiger charge is -2.11. The first-order valence-electron chi connectivity index (χ1n) is 9.63. The number of pyridine rings is 1. The quantitative estimate of drug-likeness (QED) is 0.280. The molecule has 0 N–H and O–H groups in total. The summed E-state index contributed by atoms with van der Waals surface area (Å²) in [7, 11) is 0. The maximum absolute atomic E-state index is 12.1. The van der Waals surface area contributed by atoms with Crippen molar-refractivity contribution >= 4 is 21.7 Å². The minimum Gasteiger partial charge on any atom is -0.423 e. The number of aromatic nitrogens is 1. The average Bonchev–Trinajstić information content (AvgIpc) is 2.69. The second kappa shape index (κ2) is 7.36. The van der Waals surface area contributed by atoms with Crippen LogP contribution in [0.4, 0.5) is 0 Å². The molecule has 0 fully saturated rings. The number of rotatable bonds is 5. The van der Waals surface area contributed by atoms with Gasteiger partial charge in [0.05, 0.1) is 0 Å². The molecule has 4 rings (SSSR count). The second-order valence-electron chi connectivity index (χ2n) is 7.07. The number of hydrogen-bond donors (Lipinski definition) is 0. The fourth-order valence-electron chi connectivity index (χ4n) is 3.95. The van der Waals surface area contributed by atoms with Crippen molar-refractivity contribution in [2.75, 3.05) is 0 Å². The highest BCUT2D eigenvalue weighted by molar-refractivity contribution is 6.06.